The van der Waals surface area contributed by atoms with Crippen LogP contribution in [0.4, 0.5) is 5.69 Å². The number of anilines is 1. The molecule has 18 heavy (non-hydrogen) atoms. The van der Waals surface area contributed by atoms with Crippen LogP contribution in [0.2, 0.25) is 0 Å². The minimum absolute atomic E-state index is 0.0260. The van der Waals surface area contributed by atoms with Gasteiger partial charge in [0.15, 0.2) is 0 Å². The summed E-state index contributed by atoms with van der Waals surface area (Å²) in [5.41, 5.74) is 0.892. The van der Waals surface area contributed by atoms with Gasteiger partial charge in [0.25, 0.3) is 0 Å². The molecule has 0 saturated carbocycles. The number of benzene rings is 1. The molecule has 2 N–H and O–H groups in total. The van der Waals surface area contributed by atoms with E-state index in [-0.39, 0.29) is 12.5 Å². The number of carbonyl (C=O) groups is 1. The Bertz CT molecular complexity index is 352. The van der Waals surface area contributed by atoms with Crippen LogP contribution in [-0.2, 0) is 9.53 Å². The van der Waals surface area contributed by atoms with E-state index < -0.39 is 0 Å². The van der Waals surface area contributed by atoms with Gasteiger partial charge in [-0.15, -0.1) is 0 Å². The first kappa shape index (κ1) is 14.3. The molecule has 100 valence electrons. The highest BCUT2D eigenvalue weighted by Crippen LogP contribution is 2.14. The molecule has 0 unspecified atom stereocenters. The lowest BCUT2D eigenvalue weighted by Gasteiger charge is -2.08. The van der Waals surface area contributed by atoms with Crippen LogP contribution in [0.25, 0.3) is 0 Å². The molecule has 5 nitrogen and oxygen atoms in total. The first-order valence-corrected chi connectivity index (χ1v) is 5.90. The zero-order valence-corrected chi connectivity index (χ0v) is 10.9. The van der Waals surface area contributed by atoms with Crippen molar-refractivity contribution >= 4 is 11.6 Å². The molecule has 0 bridgehead atoms. The summed E-state index contributed by atoms with van der Waals surface area (Å²) in [7, 11) is 3.27. The maximum atomic E-state index is 11.5. The Morgan fingerprint density at radius 2 is 1.94 bits per heavy atom. The molecular weight excluding hydrogens is 232 g/mol. The normalized spacial score (nSPS) is 9.89. The van der Waals surface area contributed by atoms with E-state index in [1.54, 1.807) is 14.2 Å². The molecule has 1 amide bonds. The summed E-state index contributed by atoms with van der Waals surface area (Å²) in [4.78, 5) is 11.5. The number of hydrogen-bond acceptors (Lipinski definition) is 4. The molecule has 0 saturated heterocycles. The van der Waals surface area contributed by atoms with Crippen molar-refractivity contribution in [1.29, 1.82) is 0 Å². The van der Waals surface area contributed by atoms with Gasteiger partial charge in [0.1, 0.15) is 5.75 Å². The third-order valence-corrected chi connectivity index (χ3v) is 2.39. The molecule has 5 heteroatoms. The van der Waals surface area contributed by atoms with E-state index in [1.807, 2.05) is 24.3 Å². The van der Waals surface area contributed by atoms with Crippen LogP contribution in [0.1, 0.15) is 6.42 Å². The fourth-order valence-electron chi connectivity index (χ4n) is 1.40. The molecule has 0 spiro atoms. The number of ether oxygens (including phenoxy) is 2. The van der Waals surface area contributed by atoms with E-state index in [1.165, 1.54) is 0 Å². The van der Waals surface area contributed by atoms with Gasteiger partial charge in [0.05, 0.1) is 13.7 Å². The third-order valence-electron chi connectivity index (χ3n) is 2.39. The van der Waals surface area contributed by atoms with E-state index in [0.29, 0.717) is 13.2 Å². The number of amides is 1. The molecule has 0 atom stereocenters. The van der Waals surface area contributed by atoms with Crippen LogP contribution in [0, 0.1) is 0 Å². The van der Waals surface area contributed by atoms with E-state index in [9.17, 15) is 4.79 Å². The molecule has 1 aromatic carbocycles. The number of rotatable bonds is 8. The molecule has 0 aliphatic rings. The molecule has 1 aromatic rings. The summed E-state index contributed by atoms with van der Waals surface area (Å²) >= 11 is 0. The molecular formula is C13H20N2O3. The fraction of sp³-hybridized carbons (Fsp3) is 0.462. The number of carbonyl (C=O) groups excluding carboxylic acids is 1. The number of methoxy groups -OCH3 is 2. The molecule has 0 aliphatic heterocycles. The summed E-state index contributed by atoms with van der Waals surface area (Å²) in [6.07, 6.45) is 0.824. The second-order valence-electron chi connectivity index (χ2n) is 3.78. The quantitative estimate of drug-likeness (QED) is 0.684. The van der Waals surface area contributed by atoms with Gasteiger partial charge >= 0.3 is 0 Å². The largest absolute Gasteiger partial charge is 0.497 e. The standard InChI is InChI=1S/C13H20N2O3/c1-17-9-3-8-14-13(16)10-15-11-4-6-12(18-2)7-5-11/h4-7,15H,3,8-10H2,1-2H3,(H,14,16). The van der Waals surface area contributed by atoms with Crippen LogP contribution in [0.3, 0.4) is 0 Å². The zero-order valence-electron chi connectivity index (χ0n) is 10.9. The smallest absolute Gasteiger partial charge is 0.239 e. The van der Waals surface area contributed by atoms with Crippen LogP contribution < -0.4 is 15.4 Å². The van der Waals surface area contributed by atoms with Crippen molar-refractivity contribution in [3.63, 3.8) is 0 Å². The van der Waals surface area contributed by atoms with E-state index in [0.717, 1.165) is 17.9 Å². The van der Waals surface area contributed by atoms with Crippen LogP contribution in [0.15, 0.2) is 24.3 Å². The lowest BCUT2D eigenvalue weighted by molar-refractivity contribution is -0.119. The van der Waals surface area contributed by atoms with Crippen molar-refractivity contribution in [2.75, 3.05) is 39.2 Å². The van der Waals surface area contributed by atoms with Crippen molar-refractivity contribution in [3.05, 3.63) is 24.3 Å². The lowest BCUT2D eigenvalue weighted by atomic mass is 10.3. The van der Waals surface area contributed by atoms with Gasteiger partial charge in [-0.1, -0.05) is 0 Å². The van der Waals surface area contributed by atoms with Gasteiger partial charge in [-0.05, 0) is 30.7 Å². The van der Waals surface area contributed by atoms with Crippen molar-refractivity contribution in [2.24, 2.45) is 0 Å². The van der Waals surface area contributed by atoms with Crippen LogP contribution in [0.5, 0.6) is 5.75 Å². The monoisotopic (exact) mass is 252 g/mol. The predicted octanol–water partition coefficient (Wildman–Crippen LogP) is 1.26. The zero-order chi connectivity index (χ0) is 13.2. The van der Waals surface area contributed by atoms with Crippen molar-refractivity contribution in [1.82, 2.24) is 5.32 Å². The first-order valence-electron chi connectivity index (χ1n) is 5.90. The van der Waals surface area contributed by atoms with Crippen LogP contribution in [-0.4, -0.2) is 39.8 Å². The second-order valence-corrected chi connectivity index (χ2v) is 3.78. The Morgan fingerprint density at radius 3 is 2.56 bits per heavy atom. The average Bonchev–Trinajstić information content (AvgIpc) is 2.42. The molecule has 0 aromatic heterocycles. The van der Waals surface area contributed by atoms with Crippen molar-refractivity contribution in [2.45, 2.75) is 6.42 Å². The van der Waals surface area contributed by atoms with E-state index in [4.69, 9.17) is 9.47 Å². The van der Waals surface area contributed by atoms with Gasteiger partial charge < -0.3 is 20.1 Å². The molecule has 0 fully saturated rings. The Morgan fingerprint density at radius 1 is 1.22 bits per heavy atom. The van der Waals surface area contributed by atoms with Gasteiger partial charge in [-0.3, -0.25) is 4.79 Å². The Labute approximate surface area is 107 Å². The maximum Gasteiger partial charge on any atom is 0.239 e. The Balaban J connectivity index is 2.20. The van der Waals surface area contributed by atoms with Crippen molar-refractivity contribution < 1.29 is 14.3 Å². The topological polar surface area (TPSA) is 59.6 Å². The summed E-state index contributed by atoms with van der Waals surface area (Å²) in [6.45, 7) is 1.56. The fourth-order valence-corrected chi connectivity index (χ4v) is 1.40. The molecule has 0 radical (unpaired) electrons. The lowest BCUT2D eigenvalue weighted by Crippen LogP contribution is -2.31. The highest BCUT2D eigenvalue weighted by Gasteiger charge is 2.00. The Kier molecular flexibility index (Phi) is 6.64. The number of hydrogen-bond donors (Lipinski definition) is 2. The summed E-state index contributed by atoms with van der Waals surface area (Å²) < 4.78 is 9.95. The minimum Gasteiger partial charge on any atom is -0.497 e. The third kappa shape index (κ3) is 5.54. The SMILES string of the molecule is COCCCNC(=O)CNc1ccc(OC)cc1. The highest BCUT2D eigenvalue weighted by atomic mass is 16.5. The predicted molar refractivity (Wildman–Crippen MR) is 71.0 cm³/mol. The molecule has 0 heterocycles. The maximum absolute atomic E-state index is 11.5. The number of nitrogens with one attached hydrogen (secondary N) is 2. The van der Waals surface area contributed by atoms with E-state index >= 15 is 0 Å². The minimum atomic E-state index is -0.0260. The summed E-state index contributed by atoms with van der Waals surface area (Å²) in [5, 5.41) is 5.84. The Hall–Kier alpha value is -1.75. The summed E-state index contributed by atoms with van der Waals surface area (Å²) in [5.74, 6) is 0.770. The van der Waals surface area contributed by atoms with Gasteiger partial charge in [-0.2, -0.15) is 0 Å². The van der Waals surface area contributed by atoms with Gasteiger partial charge in [0.2, 0.25) is 5.91 Å². The average molecular weight is 252 g/mol. The first-order chi connectivity index (χ1) is 8.76. The van der Waals surface area contributed by atoms with E-state index in [2.05, 4.69) is 10.6 Å². The van der Waals surface area contributed by atoms with Crippen molar-refractivity contribution in [3.8, 4) is 5.75 Å². The molecule has 1 rings (SSSR count). The van der Waals surface area contributed by atoms with Gasteiger partial charge in [0, 0.05) is 25.9 Å². The summed E-state index contributed by atoms with van der Waals surface area (Å²) in [6, 6.07) is 7.44. The second kappa shape index (κ2) is 8.36. The van der Waals surface area contributed by atoms with Gasteiger partial charge in [-0.25, -0.2) is 0 Å². The molecule has 0 aliphatic carbocycles. The van der Waals surface area contributed by atoms with Crippen LogP contribution >= 0.6 is 0 Å². The highest BCUT2D eigenvalue weighted by molar-refractivity contribution is 5.80.